The van der Waals surface area contributed by atoms with Gasteiger partial charge in [-0.05, 0) is 340 Å². The van der Waals surface area contributed by atoms with Gasteiger partial charge in [-0.25, -0.2) is 33.6 Å². The molecule has 0 spiro atoms. The minimum Gasteiger partial charge on any atom is -0.508 e. The number of esters is 9. The summed E-state index contributed by atoms with van der Waals surface area (Å²) >= 11 is 0. The highest BCUT2D eigenvalue weighted by Gasteiger charge is 2.30. The molecule has 698 valence electrons. The summed E-state index contributed by atoms with van der Waals surface area (Å²) in [6, 6.07) is 68.9. The van der Waals surface area contributed by atoms with Gasteiger partial charge in [-0.2, -0.15) is 0 Å². The molecule has 0 saturated carbocycles. The fourth-order valence-corrected chi connectivity index (χ4v) is 14.6. The standard InChI is InChI=1S/C64H64O14.C28H20O6.C18H24O5/c1-4-59(65)73-40-12-8-6-10-38-71-49-24-14-45(15-25-49)18-36-61(67)75-51-28-20-47(21-29-51)63(69)77-53-32-34-55-56-35-33-54(43-58(56)44(3)57(55)42-53)78-64(70)48-22-30-52(31-23-48)76-62(68)37-19-46-16-26-50(27-17-46)72-39-11-7-9-13-41-74-60(66)5-2;1-16-25-14-21(33-27(31)17-2-6-19(29)7-3-17)10-12-23(25)24-13-11-22(15-26(16)24)34-28(32)18-4-8-20(30)9-5-18;1-2-18(21)23-14-6-4-3-5-13-22-16-10-7-15(8-11-16)9-12-17(19)20/h4-5,14-17,20-35,42-44H,1-2,6-13,18-19,36-41H2,3H3;2-16,29-30H,1H3;2,7-8,10-11H,1,3-6,9,12-14H2,(H,19,20). The van der Waals surface area contributed by atoms with E-state index in [4.69, 9.17) is 61.9 Å². The molecule has 2 aliphatic rings. The van der Waals surface area contributed by atoms with Crippen LogP contribution < -0.4 is 42.6 Å². The fourth-order valence-electron chi connectivity index (χ4n) is 14.6. The summed E-state index contributed by atoms with van der Waals surface area (Å²) < 4.78 is 65.8. The summed E-state index contributed by atoms with van der Waals surface area (Å²) in [5.74, 6) is -0.368. The average molecular weight is 1830 g/mol. The van der Waals surface area contributed by atoms with Gasteiger partial charge in [0.15, 0.2) is 0 Å². The summed E-state index contributed by atoms with van der Waals surface area (Å²) in [5, 5.41) is 27.4. The number of aryl methyl sites for hydroxylation is 3. The van der Waals surface area contributed by atoms with Crippen molar-refractivity contribution >= 4 is 59.7 Å². The van der Waals surface area contributed by atoms with Crippen LogP contribution in [0.4, 0.5) is 0 Å². The number of aromatic hydroxyl groups is 2. The zero-order chi connectivity index (χ0) is 95.8. The summed E-state index contributed by atoms with van der Waals surface area (Å²) in [6.07, 6.45) is 16.4. The van der Waals surface area contributed by atoms with Crippen molar-refractivity contribution in [3.63, 3.8) is 0 Å². The van der Waals surface area contributed by atoms with E-state index < -0.39 is 53.7 Å². The number of benzene rings is 11. The molecule has 0 unspecified atom stereocenters. The average Bonchev–Trinajstić information content (AvgIpc) is 1.61. The third-order valence-electron chi connectivity index (χ3n) is 22.0. The van der Waals surface area contributed by atoms with E-state index >= 15 is 0 Å². The van der Waals surface area contributed by atoms with Crippen LogP contribution in [0.15, 0.2) is 281 Å². The Kier molecular flexibility index (Phi) is 38.3. The van der Waals surface area contributed by atoms with E-state index in [9.17, 15) is 58.2 Å². The van der Waals surface area contributed by atoms with Crippen LogP contribution in [0.25, 0.3) is 22.3 Å². The molecule has 0 atom stereocenters. The second-order valence-electron chi connectivity index (χ2n) is 31.8. The number of ether oxygens (including phenoxy) is 12. The summed E-state index contributed by atoms with van der Waals surface area (Å²) in [5.41, 5.74) is 12.1. The Hall–Kier alpha value is -15.7. The normalized spacial score (nSPS) is 11.3. The first-order valence-corrected chi connectivity index (χ1v) is 44.8. The third-order valence-corrected chi connectivity index (χ3v) is 22.0. The van der Waals surface area contributed by atoms with Crippen LogP contribution in [0.2, 0.25) is 0 Å². The molecule has 11 aromatic rings. The van der Waals surface area contributed by atoms with Crippen LogP contribution in [0, 0.1) is 0 Å². The highest BCUT2D eigenvalue weighted by Crippen LogP contribution is 2.49. The molecule has 13 rings (SSSR count). The van der Waals surface area contributed by atoms with Gasteiger partial charge in [0.2, 0.25) is 0 Å². The number of carboxylic acids is 1. The van der Waals surface area contributed by atoms with E-state index in [1.807, 2.05) is 135 Å². The van der Waals surface area contributed by atoms with Crippen LogP contribution >= 0.6 is 0 Å². The monoisotopic (exact) mass is 1830 g/mol. The third kappa shape index (κ3) is 31.8. The maximum atomic E-state index is 13.2. The van der Waals surface area contributed by atoms with Gasteiger partial charge in [0.1, 0.15) is 63.2 Å². The van der Waals surface area contributed by atoms with Crippen LogP contribution in [0.3, 0.4) is 0 Å². The Morgan fingerprint density at radius 2 is 0.504 bits per heavy atom. The molecule has 11 aromatic carbocycles. The Morgan fingerprint density at radius 1 is 0.274 bits per heavy atom. The van der Waals surface area contributed by atoms with Gasteiger partial charge < -0.3 is 72.2 Å². The van der Waals surface area contributed by atoms with Gasteiger partial charge >= 0.3 is 59.7 Å². The Morgan fingerprint density at radius 3 is 0.756 bits per heavy atom. The largest absolute Gasteiger partial charge is 0.508 e. The number of phenols is 2. The molecule has 0 heterocycles. The number of carbonyl (C=O) groups is 10. The second-order valence-corrected chi connectivity index (χ2v) is 31.8. The van der Waals surface area contributed by atoms with Gasteiger partial charge in [-0.15, -0.1) is 0 Å². The van der Waals surface area contributed by atoms with Gasteiger partial charge in [-0.3, -0.25) is 14.4 Å². The maximum absolute atomic E-state index is 13.2. The van der Waals surface area contributed by atoms with Crippen molar-refractivity contribution in [3.05, 3.63) is 342 Å². The predicted octanol–water partition coefficient (Wildman–Crippen LogP) is 21.7. The number of carbonyl (C=O) groups excluding carboxylic acids is 9. The van der Waals surface area contributed by atoms with Crippen LogP contribution in [0.1, 0.15) is 202 Å². The molecule has 25 heteroatoms. The molecule has 0 amide bonds. The first kappa shape index (κ1) is 99.9. The van der Waals surface area contributed by atoms with E-state index in [2.05, 4.69) is 19.7 Å². The van der Waals surface area contributed by atoms with Crippen LogP contribution in [0.5, 0.6) is 63.2 Å². The Balaban J connectivity index is 0.000000248. The Labute approximate surface area is 783 Å². The molecule has 0 aromatic heterocycles. The van der Waals surface area contributed by atoms with Gasteiger partial charge in [-0.1, -0.05) is 94.2 Å². The van der Waals surface area contributed by atoms with Crippen molar-refractivity contribution < 1.29 is 120 Å². The minimum atomic E-state index is -0.787. The van der Waals surface area contributed by atoms with Gasteiger partial charge in [0, 0.05) is 49.3 Å². The van der Waals surface area contributed by atoms with E-state index in [0.29, 0.717) is 105 Å². The van der Waals surface area contributed by atoms with Crippen molar-refractivity contribution in [2.75, 3.05) is 39.6 Å². The van der Waals surface area contributed by atoms with Crippen molar-refractivity contribution in [3.8, 4) is 85.5 Å². The molecule has 0 bridgehead atoms. The number of rotatable bonds is 46. The number of unbranched alkanes of at least 4 members (excludes halogenated alkanes) is 9. The topological polar surface area (TPSA) is 342 Å². The van der Waals surface area contributed by atoms with E-state index in [-0.39, 0.29) is 59.7 Å². The van der Waals surface area contributed by atoms with E-state index in [1.54, 1.807) is 72.8 Å². The lowest BCUT2D eigenvalue weighted by atomic mass is 9.99. The Bertz CT molecular complexity index is 5590. The highest BCUT2D eigenvalue weighted by atomic mass is 16.6. The maximum Gasteiger partial charge on any atom is 0.343 e. The van der Waals surface area contributed by atoms with Crippen LogP contribution in [-0.2, 0) is 62.2 Å². The SMILES string of the molecule is C=CC(=O)OCCCCCCOc1ccc(CCC(=O)O)cc1.C=CC(=O)OCCCCCCOc1ccc(CCC(=O)Oc2ccc(C(=O)Oc3ccc4c(c3)C(C)c3cc(OC(=O)c5ccc(OC(=O)CCc6ccc(OCCCCCCOC(=O)C=C)cc6)cc5)ccc3-4)cc2)cc1.CC1c2cc(OC(=O)c3ccc(O)cc3)ccc2-c2ccc(OC(=O)c3ccc(O)cc3)cc21. The summed E-state index contributed by atoms with van der Waals surface area (Å²) in [6.45, 7) is 17.2. The molecule has 0 aliphatic heterocycles. The number of hydrogen-bond acceptors (Lipinski definition) is 24. The molecule has 25 nitrogen and oxygen atoms in total. The number of aliphatic carboxylic acids is 1. The zero-order valence-electron chi connectivity index (χ0n) is 75.4. The summed E-state index contributed by atoms with van der Waals surface area (Å²) in [7, 11) is 0. The van der Waals surface area contributed by atoms with Crippen molar-refractivity contribution in [2.45, 2.75) is 141 Å². The molecule has 0 saturated heterocycles. The smallest absolute Gasteiger partial charge is 0.343 e. The predicted molar refractivity (Wildman–Crippen MR) is 506 cm³/mol. The number of phenolic OH excluding ortho intramolecular Hbond substituents is 2. The van der Waals surface area contributed by atoms with Crippen molar-refractivity contribution in [2.24, 2.45) is 0 Å². The van der Waals surface area contributed by atoms with Crippen LogP contribution in [-0.4, -0.2) is 115 Å². The zero-order valence-corrected chi connectivity index (χ0v) is 75.4. The molecule has 2 aliphatic carbocycles. The van der Waals surface area contributed by atoms with Crippen molar-refractivity contribution in [1.29, 1.82) is 0 Å². The summed E-state index contributed by atoms with van der Waals surface area (Å²) in [4.78, 5) is 120. The highest BCUT2D eigenvalue weighted by molar-refractivity contribution is 5.95. The first-order valence-electron chi connectivity index (χ1n) is 44.8. The lowest BCUT2D eigenvalue weighted by Crippen LogP contribution is -2.11. The molecular formula is C110H108O25. The first-order chi connectivity index (χ1) is 65.4. The van der Waals surface area contributed by atoms with E-state index in [0.717, 1.165) is 168 Å². The van der Waals surface area contributed by atoms with Gasteiger partial charge in [0.25, 0.3) is 0 Å². The lowest BCUT2D eigenvalue weighted by Gasteiger charge is -2.11. The van der Waals surface area contributed by atoms with Gasteiger partial charge in [0.05, 0.1) is 61.9 Å². The second kappa shape index (κ2) is 51.8. The molecule has 0 radical (unpaired) electrons. The number of carboxylic acid groups (broad SMARTS) is 1. The molecule has 3 N–H and O–H groups in total. The molecular weight excluding hydrogens is 1720 g/mol. The molecule has 135 heavy (non-hydrogen) atoms. The van der Waals surface area contributed by atoms with Crippen molar-refractivity contribution in [1.82, 2.24) is 0 Å². The van der Waals surface area contributed by atoms with E-state index in [1.165, 1.54) is 54.6 Å². The lowest BCUT2D eigenvalue weighted by molar-refractivity contribution is -0.138. The number of hydrogen-bond donors (Lipinski definition) is 3. The minimum absolute atomic E-state index is 0.00430. The molecule has 0 fully saturated rings. The quantitative estimate of drug-likeness (QED) is 0.0105. The number of fused-ring (bicyclic) bond motifs is 6. The fraction of sp³-hybridized carbons (Fsp3) is 0.255.